The number of amides is 1. The standard InChI is InChI=1S/C17H24N4O3/c1-2-20-10-18-19-14(20)12-7-13(12)15(22)21-8-11-5-3-4-6-17(11,9-21)16(23)24/h10-13H,2-9H2,1H3,(H,23,24)/t11-,12?,13?,17-/m0/s1. The Morgan fingerprint density at radius 1 is 1.42 bits per heavy atom. The highest BCUT2D eigenvalue weighted by Gasteiger charge is 2.57. The lowest BCUT2D eigenvalue weighted by molar-refractivity contribution is -0.152. The van der Waals surface area contributed by atoms with E-state index in [9.17, 15) is 14.7 Å². The third-order valence-corrected chi connectivity index (χ3v) is 6.28. The van der Waals surface area contributed by atoms with E-state index in [1.54, 1.807) is 6.33 Å². The Morgan fingerprint density at radius 3 is 2.96 bits per heavy atom. The minimum atomic E-state index is -0.722. The zero-order valence-corrected chi connectivity index (χ0v) is 14.0. The fourth-order valence-corrected chi connectivity index (χ4v) is 4.76. The number of fused-ring (bicyclic) bond motifs is 1. The third-order valence-electron chi connectivity index (χ3n) is 6.28. The minimum absolute atomic E-state index is 0.0505. The summed E-state index contributed by atoms with van der Waals surface area (Å²) in [5.41, 5.74) is -0.707. The summed E-state index contributed by atoms with van der Waals surface area (Å²) in [4.78, 5) is 26.6. The maximum atomic E-state index is 12.9. The number of carbonyl (C=O) groups is 2. The Bertz CT molecular complexity index is 673. The molecular formula is C17H24N4O3. The Labute approximate surface area is 141 Å². The molecule has 4 atom stereocenters. The van der Waals surface area contributed by atoms with Crippen LogP contribution in [0.5, 0.6) is 0 Å². The molecule has 1 aromatic heterocycles. The van der Waals surface area contributed by atoms with Gasteiger partial charge in [-0.05, 0) is 32.1 Å². The van der Waals surface area contributed by atoms with Crippen molar-refractivity contribution in [3.63, 3.8) is 0 Å². The van der Waals surface area contributed by atoms with Crippen molar-refractivity contribution < 1.29 is 14.7 Å². The molecule has 2 saturated carbocycles. The van der Waals surface area contributed by atoms with Crippen LogP contribution in [0.15, 0.2) is 6.33 Å². The molecule has 7 nitrogen and oxygen atoms in total. The van der Waals surface area contributed by atoms with Gasteiger partial charge in [-0.15, -0.1) is 10.2 Å². The van der Waals surface area contributed by atoms with Crippen LogP contribution in [-0.2, 0) is 16.1 Å². The Balaban J connectivity index is 1.48. The van der Waals surface area contributed by atoms with Gasteiger partial charge >= 0.3 is 5.97 Å². The van der Waals surface area contributed by atoms with Gasteiger partial charge in [-0.2, -0.15) is 0 Å². The summed E-state index contributed by atoms with van der Waals surface area (Å²) in [6.45, 7) is 3.83. The van der Waals surface area contributed by atoms with Crippen LogP contribution in [0.4, 0.5) is 0 Å². The number of carboxylic acids is 1. The van der Waals surface area contributed by atoms with Gasteiger partial charge in [-0.1, -0.05) is 12.8 Å². The molecule has 1 N–H and O–H groups in total. The van der Waals surface area contributed by atoms with Crippen LogP contribution in [-0.4, -0.2) is 49.7 Å². The second kappa shape index (κ2) is 5.57. The van der Waals surface area contributed by atoms with Gasteiger partial charge in [-0.3, -0.25) is 9.59 Å². The van der Waals surface area contributed by atoms with Crippen LogP contribution in [0.25, 0.3) is 0 Å². The second-order valence-corrected chi connectivity index (χ2v) is 7.55. The van der Waals surface area contributed by atoms with Crippen LogP contribution >= 0.6 is 0 Å². The summed E-state index contributed by atoms with van der Waals surface area (Å²) >= 11 is 0. The molecule has 0 aromatic carbocycles. The first-order valence-corrected chi connectivity index (χ1v) is 8.96. The van der Waals surface area contributed by atoms with Gasteiger partial charge in [0.2, 0.25) is 5.91 Å². The van der Waals surface area contributed by atoms with Gasteiger partial charge in [0.1, 0.15) is 12.2 Å². The number of hydrogen-bond acceptors (Lipinski definition) is 4. The van der Waals surface area contributed by atoms with Gasteiger partial charge in [0, 0.05) is 31.5 Å². The summed E-state index contributed by atoms with van der Waals surface area (Å²) in [5, 5.41) is 17.9. The predicted octanol–water partition coefficient (Wildman–Crippen LogP) is 1.50. The summed E-state index contributed by atoms with van der Waals surface area (Å²) in [5.74, 6) is 0.486. The number of likely N-dealkylation sites (tertiary alicyclic amines) is 1. The molecule has 7 heteroatoms. The maximum Gasteiger partial charge on any atom is 0.311 e. The topological polar surface area (TPSA) is 88.3 Å². The Kier molecular flexibility index (Phi) is 3.62. The summed E-state index contributed by atoms with van der Waals surface area (Å²) in [7, 11) is 0. The highest BCUT2D eigenvalue weighted by Crippen LogP contribution is 2.51. The molecule has 4 rings (SSSR count). The average molecular weight is 332 g/mol. The van der Waals surface area contributed by atoms with E-state index in [1.807, 2.05) is 16.4 Å². The minimum Gasteiger partial charge on any atom is -0.481 e. The van der Waals surface area contributed by atoms with E-state index in [0.717, 1.165) is 38.1 Å². The van der Waals surface area contributed by atoms with Crippen LogP contribution in [0, 0.1) is 17.3 Å². The number of aliphatic carboxylic acids is 1. The zero-order chi connectivity index (χ0) is 16.9. The Hall–Kier alpha value is -1.92. The number of aryl methyl sites for hydroxylation is 1. The smallest absolute Gasteiger partial charge is 0.311 e. The molecule has 1 amide bonds. The van der Waals surface area contributed by atoms with Gasteiger partial charge < -0.3 is 14.6 Å². The predicted molar refractivity (Wildman–Crippen MR) is 85.2 cm³/mol. The molecule has 24 heavy (non-hydrogen) atoms. The summed E-state index contributed by atoms with van der Waals surface area (Å²) in [6, 6.07) is 0. The molecule has 0 bridgehead atoms. The number of carbonyl (C=O) groups excluding carboxylic acids is 1. The second-order valence-electron chi connectivity index (χ2n) is 7.55. The molecule has 3 fully saturated rings. The molecule has 2 unspecified atom stereocenters. The van der Waals surface area contributed by atoms with Crippen molar-refractivity contribution in [3.8, 4) is 0 Å². The first-order chi connectivity index (χ1) is 11.6. The molecule has 0 spiro atoms. The van der Waals surface area contributed by atoms with E-state index in [2.05, 4.69) is 10.2 Å². The van der Waals surface area contributed by atoms with Crippen LogP contribution in [0.1, 0.15) is 50.8 Å². The molecular weight excluding hydrogens is 308 g/mol. The molecule has 0 radical (unpaired) electrons. The molecule has 2 aliphatic carbocycles. The molecule has 1 saturated heterocycles. The van der Waals surface area contributed by atoms with Gasteiger partial charge in [0.15, 0.2) is 0 Å². The number of hydrogen-bond donors (Lipinski definition) is 1. The van der Waals surface area contributed by atoms with E-state index in [0.29, 0.717) is 19.5 Å². The highest BCUT2D eigenvalue weighted by atomic mass is 16.4. The molecule has 1 aromatic rings. The van der Waals surface area contributed by atoms with Crippen molar-refractivity contribution in [1.29, 1.82) is 0 Å². The van der Waals surface area contributed by atoms with Gasteiger partial charge in [-0.25, -0.2) is 0 Å². The van der Waals surface area contributed by atoms with Crippen molar-refractivity contribution in [1.82, 2.24) is 19.7 Å². The van der Waals surface area contributed by atoms with E-state index in [-0.39, 0.29) is 23.7 Å². The lowest BCUT2D eigenvalue weighted by Crippen LogP contribution is -2.41. The summed E-state index contributed by atoms with van der Waals surface area (Å²) in [6.07, 6.45) is 6.17. The number of rotatable bonds is 4. The summed E-state index contributed by atoms with van der Waals surface area (Å²) < 4.78 is 1.99. The Morgan fingerprint density at radius 2 is 2.25 bits per heavy atom. The third kappa shape index (κ3) is 2.24. The van der Waals surface area contributed by atoms with Crippen molar-refractivity contribution in [2.45, 2.75) is 51.5 Å². The quantitative estimate of drug-likeness (QED) is 0.903. The molecule has 130 valence electrons. The first-order valence-electron chi connectivity index (χ1n) is 8.96. The molecule has 1 aliphatic heterocycles. The van der Waals surface area contributed by atoms with Crippen LogP contribution in [0.3, 0.4) is 0 Å². The van der Waals surface area contributed by atoms with Crippen LogP contribution in [0.2, 0.25) is 0 Å². The van der Waals surface area contributed by atoms with Gasteiger partial charge in [0.25, 0.3) is 0 Å². The fourth-order valence-electron chi connectivity index (χ4n) is 4.76. The SMILES string of the molecule is CCn1cnnc1C1CC1C(=O)N1C[C@@H]2CCCC[C@]2(C(=O)O)C1. The van der Waals surface area contributed by atoms with Gasteiger partial charge in [0.05, 0.1) is 5.41 Å². The lowest BCUT2D eigenvalue weighted by Gasteiger charge is -2.34. The lowest BCUT2D eigenvalue weighted by atomic mass is 9.68. The number of aromatic nitrogens is 3. The first kappa shape index (κ1) is 15.6. The maximum absolute atomic E-state index is 12.9. The van der Waals surface area contributed by atoms with Crippen molar-refractivity contribution in [2.24, 2.45) is 17.3 Å². The fraction of sp³-hybridized carbons (Fsp3) is 0.765. The molecule has 2 heterocycles. The number of carboxylic acid groups (broad SMARTS) is 1. The van der Waals surface area contributed by atoms with E-state index < -0.39 is 11.4 Å². The molecule has 3 aliphatic rings. The highest BCUT2D eigenvalue weighted by molar-refractivity contribution is 5.85. The van der Waals surface area contributed by atoms with E-state index in [4.69, 9.17) is 0 Å². The van der Waals surface area contributed by atoms with Crippen LogP contribution < -0.4 is 0 Å². The zero-order valence-electron chi connectivity index (χ0n) is 14.0. The van der Waals surface area contributed by atoms with Crippen molar-refractivity contribution in [3.05, 3.63) is 12.2 Å². The van der Waals surface area contributed by atoms with E-state index >= 15 is 0 Å². The van der Waals surface area contributed by atoms with Crippen molar-refractivity contribution in [2.75, 3.05) is 13.1 Å². The van der Waals surface area contributed by atoms with E-state index in [1.165, 1.54) is 0 Å². The van der Waals surface area contributed by atoms with Crippen molar-refractivity contribution >= 4 is 11.9 Å². The average Bonchev–Trinajstić information content (AvgIpc) is 3.06. The number of nitrogens with zero attached hydrogens (tertiary/aromatic N) is 4. The largest absolute Gasteiger partial charge is 0.481 e. The monoisotopic (exact) mass is 332 g/mol. The normalized spacial score (nSPS) is 34.9.